The van der Waals surface area contributed by atoms with Crippen molar-refractivity contribution in [2.45, 2.75) is 76.1 Å². The van der Waals surface area contributed by atoms with Crippen LogP contribution >= 0.6 is 11.6 Å². The number of ether oxygens (including phenoxy) is 3. The first-order valence-corrected chi connectivity index (χ1v) is 19.1. The number of carbonyl (C=O) groups is 2. The molecule has 2 aromatic rings. The number of fused-ring (bicyclic) bond motifs is 4. The summed E-state index contributed by atoms with van der Waals surface area (Å²) in [5.74, 6) is -0.680. The summed E-state index contributed by atoms with van der Waals surface area (Å²) < 4.78 is 47.1. The molecule has 0 radical (unpaired) electrons. The molecule has 2 bridgehead atoms. The van der Waals surface area contributed by atoms with Gasteiger partial charge in [0.15, 0.2) is 6.10 Å². The lowest BCUT2D eigenvalue weighted by Crippen LogP contribution is -2.48. The average Bonchev–Trinajstić information content (AvgIpc) is 3.19. The van der Waals surface area contributed by atoms with Crippen LogP contribution in [0, 0.1) is 23.7 Å². The van der Waals surface area contributed by atoms with Crippen LogP contribution in [0.2, 0.25) is 5.02 Å². The molecular weight excluding hydrogens is 652 g/mol. The Morgan fingerprint density at radius 1 is 1.17 bits per heavy atom. The fourth-order valence-corrected chi connectivity index (χ4v) is 9.56. The Balaban J connectivity index is 1.41. The van der Waals surface area contributed by atoms with Crippen LogP contribution in [0.15, 0.2) is 48.6 Å². The first kappa shape index (κ1) is 34.8. The molecule has 0 aromatic heterocycles. The fraction of sp³-hybridized carbons (Fsp3) is 0.568. The molecule has 7 atom stereocenters. The maximum absolute atomic E-state index is 13.6. The van der Waals surface area contributed by atoms with Gasteiger partial charge in [-0.3, -0.25) is 4.79 Å². The zero-order valence-electron chi connectivity index (χ0n) is 28.2. The highest BCUT2D eigenvalue weighted by molar-refractivity contribution is 7.90. The molecule has 0 saturated heterocycles. The summed E-state index contributed by atoms with van der Waals surface area (Å²) in [6, 6.07) is 11.4. The van der Waals surface area contributed by atoms with Crippen molar-refractivity contribution in [1.82, 2.24) is 4.72 Å². The molecule has 11 heteroatoms. The highest BCUT2D eigenvalue weighted by Gasteiger charge is 2.44. The van der Waals surface area contributed by atoms with E-state index in [0.29, 0.717) is 31.2 Å². The first-order chi connectivity index (χ1) is 22.9. The lowest BCUT2D eigenvalue weighted by Gasteiger charge is -2.44. The number of rotatable bonds is 4. The second-order valence-electron chi connectivity index (χ2n) is 14.1. The number of nitrogens with one attached hydrogen (secondary N) is 1. The van der Waals surface area contributed by atoms with Crippen molar-refractivity contribution in [2.24, 2.45) is 23.7 Å². The van der Waals surface area contributed by atoms with Crippen molar-refractivity contribution in [3.63, 3.8) is 0 Å². The van der Waals surface area contributed by atoms with E-state index < -0.39 is 45.1 Å². The third kappa shape index (κ3) is 6.85. The van der Waals surface area contributed by atoms with Gasteiger partial charge < -0.3 is 19.1 Å². The summed E-state index contributed by atoms with van der Waals surface area (Å²) in [5.41, 5.74) is 3.27. The van der Waals surface area contributed by atoms with Gasteiger partial charge in [0.2, 0.25) is 10.0 Å². The van der Waals surface area contributed by atoms with Gasteiger partial charge in [-0.15, -0.1) is 0 Å². The number of esters is 1. The lowest BCUT2D eigenvalue weighted by molar-refractivity contribution is -0.157. The minimum Gasteiger partial charge on any atom is -0.490 e. The Morgan fingerprint density at radius 3 is 2.71 bits per heavy atom. The molecule has 1 saturated carbocycles. The van der Waals surface area contributed by atoms with E-state index in [-0.39, 0.29) is 23.5 Å². The van der Waals surface area contributed by atoms with Gasteiger partial charge in [-0.25, -0.2) is 17.9 Å². The van der Waals surface area contributed by atoms with Gasteiger partial charge >= 0.3 is 5.97 Å². The molecule has 2 aromatic carbocycles. The molecule has 2 aliphatic heterocycles. The van der Waals surface area contributed by atoms with Crippen molar-refractivity contribution >= 4 is 39.2 Å². The summed E-state index contributed by atoms with van der Waals surface area (Å²) in [6.45, 7) is 7.31. The number of halogens is 1. The zero-order chi connectivity index (χ0) is 34.2. The Hall–Kier alpha value is -3.08. The Labute approximate surface area is 289 Å². The largest absolute Gasteiger partial charge is 0.490 e. The SMILES string of the molecule is CCOC(=O)[C@H](OC)[C@@H]1/C=C\[C@@H]2CC[C@H]2CN2C[C@@]3(CCCc4cc(Cl)ccc43)COc3ccc(cc32)C(=O)NS(=O)(=O)[C@H](C)[C@@H](C)C1. The van der Waals surface area contributed by atoms with Crippen LogP contribution in [0.5, 0.6) is 5.75 Å². The van der Waals surface area contributed by atoms with E-state index in [1.54, 1.807) is 32.0 Å². The third-order valence-electron chi connectivity index (χ3n) is 11.2. The molecule has 1 amide bonds. The number of sulfonamides is 1. The Bertz CT molecular complexity index is 1680. The maximum Gasteiger partial charge on any atom is 0.335 e. The fourth-order valence-electron chi connectivity index (χ4n) is 8.08. The van der Waals surface area contributed by atoms with Gasteiger partial charge in [0.1, 0.15) is 5.75 Å². The second kappa shape index (κ2) is 14.0. The average molecular weight is 699 g/mol. The monoisotopic (exact) mass is 698 g/mol. The summed E-state index contributed by atoms with van der Waals surface area (Å²) in [4.78, 5) is 28.9. The van der Waals surface area contributed by atoms with Crippen LogP contribution in [0.4, 0.5) is 5.69 Å². The molecule has 1 fully saturated rings. The number of hydrogen-bond donors (Lipinski definition) is 1. The van der Waals surface area contributed by atoms with Crippen molar-refractivity contribution in [2.75, 3.05) is 38.3 Å². The topological polar surface area (TPSA) is 111 Å². The zero-order valence-corrected chi connectivity index (χ0v) is 29.8. The molecule has 2 heterocycles. The molecule has 1 spiro atoms. The first-order valence-electron chi connectivity index (χ1n) is 17.2. The summed E-state index contributed by atoms with van der Waals surface area (Å²) in [7, 11) is -2.59. The number of carbonyl (C=O) groups excluding carboxylic acids is 2. The number of nitrogens with zero attached hydrogens (tertiary/aromatic N) is 1. The molecule has 48 heavy (non-hydrogen) atoms. The van der Waals surface area contributed by atoms with E-state index in [4.69, 9.17) is 25.8 Å². The molecule has 6 rings (SSSR count). The lowest BCUT2D eigenvalue weighted by atomic mass is 9.69. The van der Waals surface area contributed by atoms with E-state index >= 15 is 0 Å². The molecular formula is C37H47ClN2O7S. The third-order valence-corrected chi connectivity index (χ3v) is 13.3. The minimum atomic E-state index is -4.07. The van der Waals surface area contributed by atoms with Crippen LogP contribution in [0.3, 0.4) is 0 Å². The van der Waals surface area contributed by atoms with Gasteiger partial charge in [-0.1, -0.05) is 36.7 Å². The standard InChI is InChI=1S/C37H47ClN2O7S/c1-5-46-36(42)34(45-4)27-10-8-25-9-11-29(25)20-40-21-37(16-6-7-26-18-30(38)13-14-31(26)37)22-47-33-15-12-28(19-32(33)40)35(41)39-48(43,44)24(3)23(2)17-27/h8,10,12-15,18-19,23-25,27,29,34H,5-7,9,11,16-17,20-22H2,1-4H3,(H,39,41)/b10-8-/t23-,24+,25+,27+,29-,34+,37-/m0/s1. The quantitative estimate of drug-likeness (QED) is 0.302. The number of allylic oxidation sites excluding steroid dienone is 1. The molecule has 9 nitrogen and oxygen atoms in total. The highest BCUT2D eigenvalue weighted by Crippen LogP contribution is 2.46. The van der Waals surface area contributed by atoms with Crippen LogP contribution in [0.1, 0.15) is 74.4 Å². The molecule has 1 N–H and O–H groups in total. The number of anilines is 1. The normalized spacial score (nSPS) is 31.1. The molecule has 2 aliphatic carbocycles. The molecule has 4 aliphatic rings. The van der Waals surface area contributed by atoms with Crippen LogP contribution in [0.25, 0.3) is 0 Å². The molecule has 260 valence electrons. The molecule has 0 unspecified atom stereocenters. The van der Waals surface area contributed by atoms with Crippen LogP contribution in [-0.4, -0.2) is 65.1 Å². The summed E-state index contributed by atoms with van der Waals surface area (Å²) in [6.07, 6.45) is 8.69. The highest BCUT2D eigenvalue weighted by atomic mass is 35.5. The predicted octanol–water partition coefficient (Wildman–Crippen LogP) is 6.08. The number of benzene rings is 2. The van der Waals surface area contributed by atoms with Gasteiger partial charge in [-0.05, 0) is 112 Å². The van der Waals surface area contributed by atoms with Gasteiger partial charge in [-0.2, -0.15) is 0 Å². The smallest absolute Gasteiger partial charge is 0.335 e. The van der Waals surface area contributed by atoms with Crippen LogP contribution < -0.4 is 14.4 Å². The van der Waals surface area contributed by atoms with Crippen molar-refractivity contribution in [3.8, 4) is 5.75 Å². The van der Waals surface area contributed by atoms with Gasteiger partial charge in [0.25, 0.3) is 5.91 Å². The maximum atomic E-state index is 13.6. The van der Waals surface area contributed by atoms with E-state index in [9.17, 15) is 18.0 Å². The summed E-state index contributed by atoms with van der Waals surface area (Å²) >= 11 is 6.42. The second-order valence-corrected chi connectivity index (χ2v) is 16.6. The Kier molecular flexibility index (Phi) is 10.2. The van der Waals surface area contributed by atoms with Crippen molar-refractivity contribution < 1.29 is 32.2 Å². The predicted molar refractivity (Wildman–Crippen MR) is 186 cm³/mol. The van der Waals surface area contributed by atoms with E-state index in [2.05, 4.69) is 27.8 Å². The number of aryl methyl sites for hydroxylation is 1. The van der Waals surface area contributed by atoms with Crippen molar-refractivity contribution in [1.29, 1.82) is 0 Å². The van der Waals surface area contributed by atoms with E-state index in [1.165, 1.54) is 18.2 Å². The Morgan fingerprint density at radius 2 is 1.98 bits per heavy atom. The van der Waals surface area contributed by atoms with E-state index in [0.717, 1.165) is 49.4 Å². The van der Waals surface area contributed by atoms with Crippen LogP contribution in [-0.2, 0) is 36.1 Å². The summed E-state index contributed by atoms with van der Waals surface area (Å²) in [5, 5.41) is -0.189. The number of amides is 1. The number of methoxy groups -OCH3 is 1. The minimum absolute atomic E-state index is 0.215. The van der Waals surface area contributed by atoms with Gasteiger partial charge in [0, 0.05) is 42.1 Å². The van der Waals surface area contributed by atoms with Crippen molar-refractivity contribution in [3.05, 3.63) is 70.3 Å². The number of hydrogen-bond acceptors (Lipinski definition) is 8. The van der Waals surface area contributed by atoms with E-state index in [1.807, 2.05) is 19.1 Å². The van der Waals surface area contributed by atoms with Gasteiger partial charge in [0.05, 0.1) is 24.2 Å².